The fourth-order valence-corrected chi connectivity index (χ4v) is 3.89. The lowest BCUT2D eigenvalue weighted by atomic mass is 9.98. The number of nitrogens with zero attached hydrogens (tertiary/aromatic N) is 3. The third-order valence-corrected chi connectivity index (χ3v) is 5.46. The highest BCUT2D eigenvalue weighted by atomic mass is 32.2. The van der Waals surface area contributed by atoms with Gasteiger partial charge in [-0.1, -0.05) is 53.7 Å². The van der Waals surface area contributed by atoms with Gasteiger partial charge in [-0.05, 0) is 30.2 Å². The van der Waals surface area contributed by atoms with Gasteiger partial charge in [-0.3, -0.25) is 4.79 Å². The van der Waals surface area contributed by atoms with Gasteiger partial charge >= 0.3 is 0 Å². The van der Waals surface area contributed by atoms with Crippen LogP contribution in [0.1, 0.15) is 29.2 Å². The highest BCUT2D eigenvalue weighted by molar-refractivity contribution is 8.14. The molecule has 0 aliphatic carbocycles. The number of methoxy groups -OCH3 is 1. The second kappa shape index (κ2) is 6.96. The van der Waals surface area contributed by atoms with Gasteiger partial charge in [0, 0.05) is 6.42 Å². The second-order valence-corrected chi connectivity index (χ2v) is 7.27. The van der Waals surface area contributed by atoms with Gasteiger partial charge in [0.05, 0.1) is 24.6 Å². The third-order valence-electron chi connectivity index (χ3n) is 4.54. The molecule has 2 heterocycles. The van der Waals surface area contributed by atoms with Crippen LogP contribution in [0, 0.1) is 6.92 Å². The van der Waals surface area contributed by atoms with Gasteiger partial charge < -0.3 is 4.74 Å². The average Bonchev–Trinajstić information content (AvgIpc) is 3.29. The lowest BCUT2D eigenvalue weighted by Gasteiger charge is -2.22. The lowest BCUT2D eigenvalue weighted by molar-refractivity contribution is -0.115. The third kappa shape index (κ3) is 3.24. The molecule has 2 aromatic carbocycles. The first-order valence-corrected chi connectivity index (χ1v) is 9.44. The summed E-state index contributed by atoms with van der Waals surface area (Å²) in [6.07, 6.45) is 0.767. The highest BCUT2D eigenvalue weighted by Crippen LogP contribution is 2.36. The molecule has 0 bridgehead atoms. The lowest BCUT2D eigenvalue weighted by Crippen LogP contribution is -2.23. The number of benzene rings is 2. The minimum atomic E-state index is -0.0996. The van der Waals surface area contributed by atoms with E-state index in [0.29, 0.717) is 10.9 Å². The van der Waals surface area contributed by atoms with E-state index in [0.717, 1.165) is 29.0 Å². The molecular formula is C20H19N3O2S. The smallest absolute Gasteiger partial charge is 0.258 e. The molecule has 132 valence electrons. The number of amidine groups is 1. The molecule has 2 aliphatic heterocycles. The summed E-state index contributed by atoms with van der Waals surface area (Å²) in [4.78, 5) is 15.8. The van der Waals surface area contributed by atoms with Gasteiger partial charge in [-0.25, -0.2) is 5.01 Å². The van der Waals surface area contributed by atoms with Crippen LogP contribution in [0.2, 0.25) is 0 Å². The van der Waals surface area contributed by atoms with Crippen LogP contribution in [0.25, 0.3) is 0 Å². The van der Waals surface area contributed by atoms with Crippen molar-refractivity contribution in [3.63, 3.8) is 0 Å². The molecule has 0 radical (unpaired) electrons. The Bertz CT molecular complexity index is 888. The van der Waals surface area contributed by atoms with Crippen LogP contribution in [-0.2, 0) is 4.79 Å². The monoisotopic (exact) mass is 365 g/mol. The SMILES string of the molecule is COc1ccc(C2CC(c3ccc(C)cc3)=NN2C2=NC(=O)CS2)cc1. The van der Waals surface area contributed by atoms with Crippen LogP contribution in [0.5, 0.6) is 5.75 Å². The Morgan fingerprint density at radius 1 is 1.12 bits per heavy atom. The normalized spacial score (nSPS) is 19.5. The number of carbonyl (C=O) groups excluding carboxylic acids is 1. The van der Waals surface area contributed by atoms with E-state index in [1.165, 1.54) is 17.3 Å². The van der Waals surface area contributed by atoms with Crippen LogP contribution in [0.15, 0.2) is 58.6 Å². The van der Waals surface area contributed by atoms with Crippen molar-refractivity contribution < 1.29 is 9.53 Å². The maximum Gasteiger partial charge on any atom is 0.258 e. The van der Waals surface area contributed by atoms with Crippen molar-refractivity contribution in [3.05, 3.63) is 65.2 Å². The number of amides is 1. The zero-order chi connectivity index (χ0) is 18.1. The van der Waals surface area contributed by atoms with Crippen LogP contribution < -0.4 is 4.74 Å². The fraction of sp³-hybridized carbons (Fsp3) is 0.250. The molecule has 0 aromatic heterocycles. The number of thioether (sulfide) groups is 1. The Morgan fingerprint density at radius 3 is 2.46 bits per heavy atom. The summed E-state index contributed by atoms with van der Waals surface area (Å²) in [7, 11) is 1.66. The van der Waals surface area contributed by atoms with Crippen molar-refractivity contribution in [1.29, 1.82) is 0 Å². The van der Waals surface area contributed by atoms with E-state index in [1.54, 1.807) is 7.11 Å². The molecule has 4 rings (SSSR count). The summed E-state index contributed by atoms with van der Waals surface area (Å²) in [5.74, 6) is 1.11. The number of aliphatic imine (C=N–C) groups is 1. The summed E-state index contributed by atoms with van der Waals surface area (Å²) < 4.78 is 5.26. The number of rotatable bonds is 3. The van der Waals surface area contributed by atoms with Crippen molar-refractivity contribution >= 4 is 28.5 Å². The van der Waals surface area contributed by atoms with E-state index < -0.39 is 0 Å². The molecule has 1 unspecified atom stereocenters. The minimum Gasteiger partial charge on any atom is -0.497 e. The standard InChI is InChI=1S/C20H19N3O2S/c1-13-3-5-14(6-4-13)17-11-18(15-7-9-16(25-2)10-8-15)23(22-17)20-21-19(24)12-26-20/h3-10,18H,11-12H2,1-2H3. The average molecular weight is 365 g/mol. The maximum atomic E-state index is 11.6. The van der Waals surface area contributed by atoms with E-state index in [9.17, 15) is 4.79 Å². The van der Waals surface area contributed by atoms with Crippen molar-refractivity contribution in [3.8, 4) is 5.75 Å². The molecular weight excluding hydrogens is 346 g/mol. The van der Waals surface area contributed by atoms with Crippen molar-refractivity contribution in [2.75, 3.05) is 12.9 Å². The van der Waals surface area contributed by atoms with Crippen molar-refractivity contribution in [2.45, 2.75) is 19.4 Å². The van der Waals surface area contributed by atoms with Crippen LogP contribution in [0.3, 0.4) is 0 Å². The fourth-order valence-electron chi connectivity index (χ4n) is 3.11. The molecule has 2 aromatic rings. The van der Waals surface area contributed by atoms with Gasteiger partial charge in [0.25, 0.3) is 5.91 Å². The number of aryl methyl sites for hydroxylation is 1. The molecule has 0 spiro atoms. The topological polar surface area (TPSA) is 54.3 Å². The summed E-state index contributed by atoms with van der Waals surface area (Å²) in [5, 5.41) is 7.39. The quantitative estimate of drug-likeness (QED) is 0.831. The van der Waals surface area contributed by atoms with E-state index >= 15 is 0 Å². The van der Waals surface area contributed by atoms with Gasteiger partial charge in [0.1, 0.15) is 5.75 Å². The van der Waals surface area contributed by atoms with Crippen molar-refractivity contribution in [2.24, 2.45) is 10.1 Å². The Hall–Kier alpha value is -2.60. The second-order valence-electron chi connectivity index (χ2n) is 6.33. The summed E-state index contributed by atoms with van der Waals surface area (Å²) in [6.45, 7) is 2.07. The van der Waals surface area contributed by atoms with Crippen LogP contribution in [-0.4, -0.2) is 34.7 Å². The van der Waals surface area contributed by atoms with Crippen molar-refractivity contribution in [1.82, 2.24) is 5.01 Å². The molecule has 1 atom stereocenters. The highest BCUT2D eigenvalue weighted by Gasteiger charge is 2.34. The first kappa shape index (κ1) is 16.8. The van der Waals surface area contributed by atoms with E-state index in [4.69, 9.17) is 9.84 Å². The zero-order valence-corrected chi connectivity index (χ0v) is 15.5. The maximum absolute atomic E-state index is 11.6. The van der Waals surface area contributed by atoms with Gasteiger partial charge in [0.2, 0.25) is 0 Å². The predicted octanol–water partition coefficient (Wildman–Crippen LogP) is 3.78. The number of hydrogen-bond acceptors (Lipinski definition) is 5. The molecule has 26 heavy (non-hydrogen) atoms. The largest absolute Gasteiger partial charge is 0.497 e. The molecule has 1 amide bonds. The van der Waals surface area contributed by atoms with Gasteiger partial charge in [-0.15, -0.1) is 0 Å². The first-order chi connectivity index (χ1) is 12.6. The summed E-state index contributed by atoms with van der Waals surface area (Å²) in [5.41, 5.74) is 4.46. The van der Waals surface area contributed by atoms with E-state index in [2.05, 4.69) is 36.2 Å². The Balaban J connectivity index is 1.69. The first-order valence-electron chi connectivity index (χ1n) is 8.46. The minimum absolute atomic E-state index is 0.0226. The number of carbonyl (C=O) groups is 1. The van der Waals surface area contributed by atoms with E-state index in [1.807, 2.05) is 29.3 Å². The van der Waals surface area contributed by atoms with E-state index in [-0.39, 0.29) is 11.9 Å². The summed E-state index contributed by atoms with van der Waals surface area (Å²) in [6, 6.07) is 16.4. The molecule has 6 heteroatoms. The molecule has 5 nitrogen and oxygen atoms in total. The zero-order valence-electron chi connectivity index (χ0n) is 14.7. The van der Waals surface area contributed by atoms with Gasteiger partial charge in [0.15, 0.2) is 5.17 Å². The Morgan fingerprint density at radius 2 is 1.85 bits per heavy atom. The van der Waals surface area contributed by atoms with Crippen LogP contribution >= 0.6 is 11.8 Å². The van der Waals surface area contributed by atoms with Crippen LogP contribution in [0.4, 0.5) is 0 Å². The number of hydrogen-bond donors (Lipinski definition) is 0. The molecule has 0 saturated carbocycles. The Kier molecular flexibility index (Phi) is 4.51. The van der Waals surface area contributed by atoms with Gasteiger partial charge in [-0.2, -0.15) is 10.1 Å². The number of hydrazone groups is 1. The summed E-state index contributed by atoms with van der Waals surface area (Å²) >= 11 is 1.45. The molecule has 0 N–H and O–H groups in total. The number of ether oxygens (including phenoxy) is 1. The molecule has 0 saturated heterocycles. The predicted molar refractivity (Wildman–Crippen MR) is 105 cm³/mol. The molecule has 0 fully saturated rings. The Labute approximate surface area is 156 Å². The molecule has 2 aliphatic rings.